The lowest BCUT2D eigenvalue weighted by Crippen LogP contribution is -2.35. The van der Waals surface area contributed by atoms with Gasteiger partial charge in [0.15, 0.2) is 0 Å². The molecule has 2 N–H and O–H groups in total. The average Bonchev–Trinajstić information content (AvgIpc) is 2.03. The fourth-order valence-corrected chi connectivity index (χ4v) is 0.650. The van der Waals surface area contributed by atoms with Crippen molar-refractivity contribution >= 4 is 11.9 Å². The van der Waals surface area contributed by atoms with Gasteiger partial charge in [-0.2, -0.15) is 0 Å². The molecule has 0 fully saturated rings. The van der Waals surface area contributed by atoms with Gasteiger partial charge >= 0.3 is 5.97 Å². The molecule has 76 valence electrons. The molecule has 0 bridgehead atoms. The summed E-state index contributed by atoms with van der Waals surface area (Å²) in [5.74, 6) is -1.35. The lowest BCUT2D eigenvalue weighted by atomic mass is 10.2. The first-order valence-electron chi connectivity index (χ1n) is 4.15. The van der Waals surface area contributed by atoms with Crippen LogP contribution in [0.5, 0.6) is 0 Å². The second kappa shape index (κ2) is 6.42. The molecule has 0 aliphatic carbocycles. The lowest BCUT2D eigenvalue weighted by Gasteiger charge is -2.10. The number of carboxylic acids is 1. The Morgan fingerprint density at radius 3 is 2.54 bits per heavy atom. The molecule has 1 unspecified atom stereocenters. The van der Waals surface area contributed by atoms with Gasteiger partial charge < -0.3 is 15.2 Å². The maximum atomic E-state index is 11.0. The predicted molar refractivity (Wildman–Crippen MR) is 46.4 cm³/mol. The Balaban J connectivity index is 3.46. The van der Waals surface area contributed by atoms with Crippen molar-refractivity contribution in [3.8, 4) is 0 Å². The van der Waals surface area contributed by atoms with Gasteiger partial charge in [0.25, 0.3) is 0 Å². The van der Waals surface area contributed by atoms with E-state index in [1.807, 2.05) is 13.8 Å². The largest absolute Gasteiger partial charge is 0.480 e. The minimum absolute atomic E-state index is 0.0981. The van der Waals surface area contributed by atoms with Crippen molar-refractivity contribution in [2.24, 2.45) is 0 Å². The molecule has 0 heterocycles. The van der Waals surface area contributed by atoms with Crippen molar-refractivity contribution in [3.05, 3.63) is 0 Å². The van der Waals surface area contributed by atoms with Crippen molar-refractivity contribution < 1.29 is 19.4 Å². The molecule has 0 aromatic rings. The minimum Gasteiger partial charge on any atom is -0.480 e. The van der Waals surface area contributed by atoms with E-state index >= 15 is 0 Å². The van der Waals surface area contributed by atoms with Crippen molar-refractivity contribution in [2.45, 2.75) is 26.3 Å². The summed E-state index contributed by atoms with van der Waals surface area (Å²) >= 11 is 0. The average molecular weight is 189 g/mol. The molecule has 0 aromatic carbocycles. The molecule has 1 atom stereocenters. The normalized spacial score (nSPS) is 12.2. The minimum atomic E-state index is -1.07. The van der Waals surface area contributed by atoms with Gasteiger partial charge in [-0.3, -0.25) is 4.79 Å². The van der Waals surface area contributed by atoms with E-state index in [0.717, 1.165) is 6.42 Å². The topological polar surface area (TPSA) is 75.6 Å². The second-order valence-corrected chi connectivity index (χ2v) is 2.76. The van der Waals surface area contributed by atoms with Crippen LogP contribution in [0.15, 0.2) is 0 Å². The smallest absolute Gasteiger partial charge is 0.329 e. The summed E-state index contributed by atoms with van der Waals surface area (Å²) in [5, 5.41) is 10.8. The third-order valence-electron chi connectivity index (χ3n) is 1.48. The van der Waals surface area contributed by atoms with E-state index < -0.39 is 12.6 Å². The predicted octanol–water partition coefficient (Wildman–Crippen LogP) is 0.00230. The van der Waals surface area contributed by atoms with Crippen molar-refractivity contribution in [1.29, 1.82) is 0 Å². The molecule has 0 aromatic heterocycles. The van der Waals surface area contributed by atoms with E-state index in [1.165, 1.54) is 0 Å². The third-order valence-corrected chi connectivity index (χ3v) is 1.48. The van der Waals surface area contributed by atoms with Crippen LogP contribution in [0, 0.1) is 0 Å². The Morgan fingerprint density at radius 2 is 2.08 bits per heavy atom. The fourth-order valence-electron chi connectivity index (χ4n) is 0.650. The number of ether oxygens (including phenoxy) is 1. The van der Waals surface area contributed by atoms with Crippen molar-refractivity contribution in [3.63, 3.8) is 0 Å². The first-order chi connectivity index (χ1) is 6.06. The highest BCUT2D eigenvalue weighted by atomic mass is 16.5. The lowest BCUT2D eigenvalue weighted by molar-refractivity contribution is -0.143. The molecule has 0 aliphatic heterocycles. The van der Waals surface area contributed by atoms with Gasteiger partial charge in [0, 0.05) is 6.04 Å². The van der Waals surface area contributed by atoms with E-state index in [0.29, 0.717) is 0 Å². The van der Waals surface area contributed by atoms with Crippen LogP contribution in [-0.4, -0.2) is 36.2 Å². The van der Waals surface area contributed by atoms with E-state index in [4.69, 9.17) is 5.11 Å². The Labute approximate surface area is 77.1 Å². The molecule has 0 radical (unpaired) electrons. The van der Waals surface area contributed by atoms with Crippen LogP contribution in [0.1, 0.15) is 20.3 Å². The van der Waals surface area contributed by atoms with Crippen LogP contribution in [0.4, 0.5) is 0 Å². The van der Waals surface area contributed by atoms with Gasteiger partial charge in [0.1, 0.15) is 13.2 Å². The summed E-state index contributed by atoms with van der Waals surface area (Å²) < 4.78 is 4.59. The molecule has 5 nitrogen and oxygen atoms in total. The Bertz CT molecular complexity index is 181. The van der Waals surface area contributed by atoms with E-state index in [9.17, 15) is 9.59 Å². The molecule has 0 saturated carbocycles. The van der Waals surface area contributed by atoms with Crippen LogP contribution in [0.25, 0.3) is 0 Å². The molecule has 5 heteroatoms. The van der Waals surface area contributed by atoms with Crippen LogP contribution in [0.2, 0.25) is 0 Å². The fraction of sp³-hybridized carbons (Fsp3) is 0.750. The number of amides is 1. The van der Waals surface area contributed by atoms with Crippen LogP contribution < -0.4 is 5.32 Å². The zero-order chi connectivity index (χ0) is 10.3. The monoisotopic (exact) mass is 189 g/mol. The van der Waals surface area contributed by atoms with Gasteiger partial charge in [-0.05, 0) is 13.3 Å². The molecule has 1 amide bonds. The number of hydrogen-bond donors (Lipinski definition) is 2. The number of carbonyl (C=O) groups is 2. The van der Waals surface area contributed by atoms with E-state index in [1.54, 1.807) is 0 Å². The maximum Gasteiger partial charge on any atom is 0.329 e. The highest BCUT2D eigenvalue weighted by Gasteiger charge is 2.06. The second-order valence-electron chi connectivity index (χ2n) is 2.76. The number of carboxylic acid groups (broad SMARTS) is 1. The summed E-state index contributed by atoms with van der Waals surface area (Å²) in [6, 6.07) is 0.0981. The highest BCUT2D eigenvalue weighted by Crippen LogP contribution is 1.87. The molecule has 0 saturated heterocycles. The third kappa shape index (κ3) is 7.27. The number of hydrogen-bond acceptors (Lipinski definition) is 3. The molecule has 13 heavy (non-hydrogen) atoms. The quantitative estimate of drug-likeness (QED) is 0.616. The molecule has 0 rings (SSSR count). The standard InChI is InChI=1S/C8H15NO4/c1-3-6(2)9-7(10)4-13-5-8(11)12/h6H,3-5H2,1-2H3,(H,9,10)(H,11,12). The number of nitrogens with one attached hydrogen (secondary N) is 1. The highest BCUT2D eigenvalue weighted by molar-refractivity contribution is 5.78. The van der Waals surface area contributed by atoms with Gasteiger partial charge in [0.05, 0.1) is 0 Å². The SMILES string of the molecule is CCC(C)NC(=O)COCC(=O)O. The Morgan fingerprint density at radius 1 is 1.46 bits per heavy atom. The molecule has 0 aliphatic rings. The van der Waals surface area contributed by atoms with Crippen molar-refractivity contribution in [2.75, 3.05) is 13.2 Å². The molecular formula is C8H15NO4. The Kier molecular flexibility index (Phi) is 5.88. The molecular weight excluding hydrogens is 174 g/mol. The number of aliphatic carboxylic acids is 1. The van der Waals surface area contributed by atoms with Crippen LogP contribution >= 0.6 is 0 Å². The zero-order valence-electron chi connectivity index (χ0n) is 7.87. The summed E-state index contributed by atoms with van der Waals surface area (Å²) in [7, 11) is 0. The van der Waals surface area contributed by atoms with Gasteiger partial charge in [-0.15, -0.1) is 0 Å². The van der Waals surface area contributed by atoms with Crippen molar-refractivity contribution in [1.82, 2.24) is 5.32 Å². The summed E-state index contributed by atoms with van der Waals surface area (Å²) in [6.45, 7) is 3.18. The summed E-state index contributed by atoms with van der Waals surface area (Å²) in [5.41, 5.74) is 0. The first-order valence-corrected chi connectivity index (χ1v) is 4.15. The maximum absolute atomic E-state index is 11.0. The van der Waals surface area contributed by atoms with Gasteiger partial charge in [-0.25, -0.2) is 4.79 Å². The van der Waals surface area contributed by atoms with Crippen LogP contribution in [0.3, 0.4) is 0 Å². The first kappa shape index (κ1) is 11.9. The van der Waals surface area contributed by atoms with Crippen LogP contribution in [-0.2, 0) is 14.3 Å². The zero-order valence-corrected chi connectivity index (χ0v) is 7.87. The Hall–Kier alpha value is -1.10. The van der Waals surface area contributed by atoms with Gasteiger partial charge in [0.2, 0.25) is 5.91 Å². The van der Waals surface area contributed by atoms with Gasteiger partial charge in [-0.1, -0.05) is 6.92 Å². The number of carbonyl (C=O) groups excluding carboxylic acids is 1. The van der Waals surface area contributed by atoms with E-state index in [-0.39, 0.29) is 18.6 Å². The summed E-state index contributed by atoms with van der Waals surface area (Å²) in [4.78, 5) is 21.0. The summed E-state index contributed by atoms with van der Waals surface area (Å²) in [6.07, 6.45) is 0.838. The number of rotatable bonds is 6. The van der Waals surface area contributed by atoms with E-state index in [2.05, 4.69) is 10.1 Å². The molecule has 0 spiro atoms.